The Hall–Kier alpha value is -2.55. The highest BCUT2D eigenvalue weighted by atomic mass is 16.5. The van der Waals surface area contributed by atoms with Gasteiger partial charge in [-0.25, -0.2) is 4.79 Å². The van der Waals surface area contributed by atoms with E-state index in [1.54, 1.807) is 24.3 Å². The van der Waals surface area contributed by atoms with Crippen molar-refractivity contribution < 1.29 is 14.6 Å². The molecule has 0 spiro atoms. The van der Waals surface area contributed by atoms with Crippen molar-refractivity contribution in [3.8, 4) is 5.75 Å². The number of benzene rings is 2. The van der Waals surface area contributed by atoms with Gasteiger partial charge in [0.05, 0.1) is 12.7 Å². The Morgan fingerprint density at radius 2 is 1.90 bits per heavy atom. The summed E-state index contributed by atoms with van der Waals surface area (Å²) in [6.07, 6.45) is 3.66. The van der Waals surface area contributed by atoms with E-state index in [1.165, 1.54) is 7.11 Å². The quantitative estimate of drug-likeness (QED) is 0.856. The van der Waals surface area contributed by atoms with Gasteiger partial charge < -0.3 is 9.84 Å². The molecule has 2 aromatic rings. The zero-order chi connectivity index (χ0) is 14.5. The zero-order valence-corrected chi connectivity index (χ0v) is 11.5. The SMILES string of the molecule is COc1cccc(C(=O)O)c1/C=C/c1cccc(C)c1. The third-order valence-corrected chi connectivity index (χ3v) is 3.00. The van der Waals surface area contributed by atoms with E-state index < -0.39 is 5.97 Å². The summed E-state index contributed by atoms with van der Waals surface area (Å²) in [6.45, 7) is 2.02. The summed E-state index contributed by atoms with van der Waals surface area (Å²) < 4.78 is 5.23. The van der Waals surface area contributed by atoms with Crippen LogP contribution in [0.4, 0.5) is 0 Å². The average molecular weight is 268 g/mol. The second-order valence-corrected chi connectivity index (χ2v) is 4.47. The van der Waals surface area contributed by atoms with Crippen LogP contribution in [-0.2, 0) is 0 Å². The van der Waals surface area contributed by atoms with E-state index in [1.807, 2.05) is 37.3 Å². The van der Waals surface area contributed by atoms with E-state index in [0.717, 1.165) is 11.1 Å². The van der Waals surface area contributed by atoms with E-state index in [0.29, 0.717) is 11.3 Å². The monoisotopic (exact) mass is 268 g/mol. The normalized spacial score (nSPS) is 10.7. The van der Waals surface area contributed by atoms with Crippen LogP contribution in [0, 0.1) is 6.92 Å². The molecule has 1 N–H and O–H groups in total. The molecule has 0 aliphatic heterocycles. The first kappa shape index (κ1) is 13.9. The molecule has 0 saturated heterocycles. The Morgan fingerprint density at radius 3 is 2.55 bits per heavy atom. The lowest BCUT2D eigenvalue weighted by Gasteiger charge is -2.07. The van der Waals surface area contributed by atoms with E-state index in [-0.39, 0.29) is 5.56 Å². The molecule has 3 nitrogen and oxygen atoms in total. The Bertz CT molecular complexity index is 657. The summed E-state index contributed by atoms with van der Waals surface area (Å²) in [7, 11) is 1.53. The molecule has 0 aliphatic carbocycles. The molecular formula is C17H16O3. The van der Waals surface area contributed by atoms with Crippen LogP contribution >= 0.6 is 0 Å². The molecule has 0 amide bonds. The molecule has 0 aliphatic rings. The lowest BCUT2D eigenvalue weighted by molar-refractivity contribution is 0.0696. The number of carboxylic acids is 1. The number of aromatic carboxylic acids is 1. The summed E-state index contributed by atoms with van der Waals surface area (Å²) in [5.74, 6) is -0.415. The molecule has 0 radical (unpaired) electrons. The molecule has 102 valence electrons. The summed E-state index contributed by atoms with van der Waals surface area (Å²) in [5.41, 5.74) is 2.98. The molecule has 2 aromatic carbocycles. The Labute approximate surface area is 118 Å². The van der Waals surface area contributed by atoms with Crippen LogP contribution in [0.3, 0.4) is 0 Å². The summed E-state index contributed by atoms with van der Waals surface area (Å²) >= 11 is 0. The van der Waals surface area contributed by atoms with Crippen molar-refractivity contribution in [1.29, 1.82) is 0 Å². The van der Waals surface area contributed by atoms with Gasteiger partial charge in [0, 0.05) is 5.56 Å². The second kappa shape index (κ2) is 6.06. The van der Waals surface area contributed by atoms with Crippen molar-refractivity contribution in [2.45, 2.75) is 6.92 Å². The number of hydrogen-bond acceptors (Lipinski definition) is 2. The first-order valence-electron chi connectivity index (χ1n) is 6.27. The van der Waals surface area contributed by atoms with Gasteiger partial charge >= 0.3 is 5.97 Å². The highest BCUT2D eigenvalue weighted by Gasteiger charge is 2.11. The van der Waals surface area contributed by atoms with Crippen LogP contribution < -0.4 is 4.74 Å². The van der Waals surface area contributed by atoms with E-state index in [9.17, 15) is 9.90 Å². The summed E-state index contributed by atoms with van der Waals surface area (Å²) in [4.78, 5) is 11.3. The number of hydrogen-bond donors (Lipinski definition) is 1. The molecule has 0 heterocycles. The topological polar surface area (TPSA) is 46.5 Å². The van der Waals surface area contributed by atoms with Gasteiger partial charge in [0.2, 0.25) is 0 Å². The first-order chi connectivity index (χ1) is 9.61. The van der Waals surface area contributed by atoms with Gasteiger partial charge in [0.25, 0.3) is 0 Å². The highest BCUT2D eigenvalue weighted by molar-refractivity contribution is 5.95. The van der Waals surface area contributed by atoms with Crippen LogP contribution in [0.5, 0.6) is 5.75 Å². The molecule has 2 rings (SSSR count). The molecule has 20 heavy (non-hydrogen) atoms. The lowest BCUT2D eigenvalue weighted by Crippen LogP contribution is -2.01. The number of ether oxygens (including phenoxy) is 1. The molecule has 0 aromatic heterocycles. The standard InChI is InChI=1S/C17H16O3/c1-12-5-3-6-13(11-12)9-10-14-15(17(18)19)7-4-8-16(14)20-2/h3-11H,1-2H3,(H,18,19)/b10-9+. The molecule has 0 unspecified atom stereocenters. The van der Waals surface area contributed by atoms with Gasteiger partial charge in [-0.2, -0.15) is 0 Å². The Balaban J connectivity index is 2.44. The molecule has 3 heteroatoms. The molecule has 0 fully saturated rings. The summed E-state index contributed by atoms with van der Waals surface area (Å²) in [5, 5.41) is 9.24. The van der Waals surface area contributed by atoms with Crippen LogP contribution in [0.25, 0.3) is 12.2 Å². The Morgan fingerprint density at radius 1 is 1.15 bits per heavy atom. The van der Waals surface area contributed by atoms with Gasteiger partial charge in [0.15, 0.2) is 0 Å². The number of aryl methyl sites for hydroxylation is 1. The zero-order valence-electron chi connectivity index (χ0n) is 11.5. The maximum atomic E-state index is 11.3. The Kier molecular flexibility index (Phi) is 4.20. The largest absolute Gasteiger partial charge is 0.496 e. The maximum Gasteiger partial charge on any atom is 0.336 e. The van der Waals surface area contributed by atoms with Crippen molar-refractivity contribution in [3.63, 3.8) is 0 Å². The second-order valence-electron chi connectivity index (χ2n) is 4.47. The van der Waals surface area contributed by atoms with Gasteiger partial charge in [-0.15, -0.1) is 0 Å². The highest BCUT2D eigenvalue weighted by Crippen LogP contribution is 2.25. The fraction of sp³-hybridized carbons (Fsp3) is 0.118. The number of carboxylic acid groups (broad SMARTS) is 1. The van der Waals surface area contributed by atoms with Crippen LogP contribution in [-0.4, -0.2) is 18.2 Å². The van der Waals surface area contributed by atoms with Crippen molar-refractivity contribution in [2.24, 2.45) is 0 Å². The van der Waals surface area contributed by atoms with Gasteiger partial charge in [0.1, 0.15) is 5.75 Å². The fourth-order valence-corrected chi connectivity index (χ4v) is 2.03. The van der Waals surface area contributed by atoms with Crippen molar-refractivity contribution in [3.05, 3.63) is 64.7 Å². The van der Waals surface area contributed by atoms with Crippen LogP contribution in [0.2, 0.25) is 0 Å². The minimum absolute atomic E-state index is 0.230. The predicted molar refractivity (Wildman–Crippen MR) is 80.1 cm³/mol. The third-order valence-electron chi connectivity index (χ3n) is 3.00. The number of carbonyl (C=O) groups is 1. The van der Waals surface area contributed by atoms with Crippen LogP contribution in [0.15, 0.2) is 42.5 Å². The van der Waals surface area contributed by atoms with Crippen LogP contribution in [0.1, 0.15) is 27.0 Å². The van der Waals surface area contributed by atoms with Crippen molar-refractivity contribution >= 4 is 18.1 Å². The minimum atomic E-state index is -0.965. The third kappa shape index (κ3) is 3.06. The van der Waals surface area contributed by atoms with E-state index >= 15 is 0 Å². The smallest absolute Gasteiger partial charge is 0.336 e. The maximum absolute atomic E-state index is 11.3. The van der Waals surface area contributed by atoms with Crippen molar-refractivity contribution in [2.75, 3.05) is 7.11 Å². The molecular weight excluding hydrogens is 252 g/mol. The van der Waals surface area contributed by atoms with Gasteiger partial charge in [-0.3, -0.25) is 0 Å². The average Bonchev–Trinajstić information content (AvgIpc) is 2.44. The van der Waals surface area contributed by atoms with Crippen molar-refractivity contribution in [1.82, 2.24) is 0 Å². The summed E-state index contributed by atoms with van der Waals surface area (Å²) in [6, 6.07) is 13.0. The van der Waals surface area contributed by atoms with E-state index in [4.69, 9.17) is 4.74 Å². The van der Waals surface area contributed by atoms with Gasteiger partial charge in [-0.05, 0) is 30.7 Å². The van der Waals surface area contributed by atoms with E-state index in [2.05, 4.69) is 0 Å². The fourth-order valence-electron chi connectivity index (χ4n) is 2.03. The predicted octanol–water partition coefficient (Wildman–Crippen LogP) is 3.87. The van der Waals surface area contributed by atoms with Gasteiger partial charge in [-0.1, -0.05) is 42.0 Å². The number of methoxy groups -OCH3 is 1. The lowest BCUT2D eigenvalue weighted by atomic mass is 10.0. The molecule has 0 atom stereocenters. The number of rotatable bonds is 4. The minimum Gasteiger partial charge on any atom is -0.496 e. The molecule has 0 saturated carbocycles. The first-order valence-corrected chi connectivity index (χ1v) is 6.27. The molecule has 0 bridgehead atoms.